The van der Waals surface area contributed by atoms with Gasteiger partial charge in [0.05, 0.1) is 23.8 Å². The second-order valence-electron chi connectivity index (χ2n) is 6.96. The number of benzene rings is 1. The van der Waals surface area contributed by atoms with E-state index in [0.717, 1.165) is 38.5 Å². The summed E-state index contributed by atoms with van der Waals surface area (Å²) in [5.74, 6) is -0.106. The van der Waals surface area contributed by atoms with E-state index in [9.17, 15) is 9.59 Å². The first-order valence-corrected chi connectivity index (χ1v) is 9.42. The highest BCUT2D eigenvalue weighted by Gasteiger charge is 2.14. The van der Waals surface area contributed by atoms with Gasteiger partial charge in [-0.05, 0) is 56.4 Å². The second-order valence-corrected chi connectivity index (χ2v) is 6.96. The molecule has 4 heteroatoms. The molecule has 0 heterocycles. The molecule has 4 nitrogen and oxygen atoms in total. The second kappa shape index (κ2) is 11.7. The van der Waals surface area contributed by atoms with E-state index in [0.29, 0.717) is 23.7 Å². The molecule has 0 N–H and O–H groups in total. The van der Waals surface area contributed by atoms with Crippen LogP contribution in [-0.4, -0.2) is 24.6 Å². The van der Waals surface area contributed by atoms with Crippen LogP contribution >= 0.6 is 0 Å². The highest BCUT2D eigenvalue weighted by molar-refractivity contribution is 5.93. The molecule has 1 rings (SSSR count). The molecule has 0 saturated heterocycles. The topological polar surface area (TPSA) is 52.6 Å². The number of ether oxygens (including phenoxy) is 2. The lowest BCUT2D eigenvalue weighted by molar-refractivity contribution is 0.0312. The van der Waals surface area contributed by atoms with Gasteiger partial charge in [0.25, 0.3) is 0 Å². The minimum Gasteiger partial charge on any atom is -0.462 e. The minimum atomic E-state index is -0.351. The molecule has 0 aliphatic heterocycles. The van der Waals surface area contributed by atoms with Gasteiger partial charge in [0.2, 0.25) is 0 Å². The molecular weight excluding hydrogens is 316 g/mol. The summed E-state index contributed by atoms with van der Waals surface area (Å²) >= 11 is 0. The van der Waals surface area contributed by atoms with Crippen molar-refractivity contribution in [1.29, 1.82) is 0 Å². The largest absolute Gasteiger partial charge is 0.462 e. The van der Waals surface area contributed by atoms with Crippen molar-refractivity contribution in [3.63, 3.8) is 0 Å². The van der Waals surface area contributed by atoms with Crippen molar-refractivity contribution in [2.45, 2.75) is 72.3 Å². The van der Waals surface area contributed by atoms with Crippen molar-refractivity contribution in [1.82, 2.24) is 0 Å². The maximum atomic E-state index is 12.1. The maximum absolute atomic E-state index is 12.1. The zero-order valence-corrected chi connectivity index (χ0v) is 16.0. The molecule has 1 aromatic rings. The Kier molecular flexibility index (Phi) is 9.90. The first kappa shape index (κ1) is 21.2. The van der Waals surface area contributed by atoms with Crippen molar-refractivity contribution in [3.8, 4) is 0 Å². The number of carbonyl (C=O) groups excluding carboxylic acids is 2. The maximum Gasteiger partial charge on any atom is 0.338 e. The summed E-state index contributed by atoms with van der Waals surface area (Å²) in [6, 6.07) is 6.46. The molecule has 0 radical (unpaired) electrons. The van der Waals surface area contributed by atoms with Gasteiger partial charge in [-0.2, -0.15) is 0 Å². The molecular formula is C21H32O4. The number of unbranched alkanes of at least 4 members (excludes halogenated alkanes) is 3. The van der Waals surface area contributed by atoms with Crippen molar-refractivity contribution in [2.75, 3.05) is 6.61 Å². The van der Waals surface area contributed by atoms with E-state index in [4.69, 9.17) is 9.47 Å². The Labute approximate surface area is 151 Å². The van der Waals surface area contributed by atoms with Crippen LogP contribution in [0.1, 0.15) is 86.9 Å². The standard InChI is InChI=1S/C21H32O4/c1-5-6-7-8-15-24-20(22)18-11-13-19(14-12-18)21(23)25-17(4)10-9-16(2)3/h11-14,16-17H,5-10,15H2,1-4H3. The molecule has 0 amide bonds. The highest BCUT2D eigenvalue weighted by atomic mass is 16.5. The monoisotopic (exact) mass is 348 g/mol. The fourth-order valence-electron chi connectivity index (χ4n) is 2.40. The predicted molar refractivity (Wildman–Crippen MR) is 99.8 cm³/mol. The lowest BCUT2D eigenvalue weighted by Crippen LogP contribution is -2.16. The number of esters is 2. The van der Waals surface area contributed by atoms with Crippen LogP contribution in [0, 0.1) is 5.92 Å². The lowest BCUT2D eigenvalue weighted by atomic mass is 10.1. The molecule has 0 bridgehead atoms. The predicted octanol–water partition coefficient (Wildman–Crippen LogP) is 5.41. The molecule has 1 unspecified atom stereocenters. The summed E-state index contributed by atoms with van der Waals surface area (Å²) in [6.07, 6.45) is 6.04. The molecule has 0 spiro atoms. The van der Waals surface area contributed by atoms with Crippen molar-refractivity contribution in [3.05, 3.63) is 35.4 Å². The van der Waals surface area contributed by atoms with Crippen LogP contribution in [0.5, 0.6) is 0 Å². The van der Waals surface area contributed by atoms with E-state index < -0.39 is 0 Å². The van der Waals surface area contributed by atoms with Crippen LogP contribution in [0.25, 0.3) is 0 Å². The Bertz CT molecular complexity index is 519. The third-order valence-corrected chi connectivity index (χ3v) is 4.05. The molecule has 0 aliphatic rings. The van der Waals surface area contributed by atoms with Crippen LogP contribution in [0.3, 0.4) is 0 Å². The molecule has 1 aromatic carbocycles. The molecule has 25 heavy (non-hydrogen) atoms. The summed E-state index contributed by atoms with van der Waals surface area (Å²) in [7, 11) is 0. The summed E-state index contributed by atoms with van der Waals surface area (Å²) in [4.78, 5) is 24.1. The lowest BCUT2D eigenvalue weighted by Gasteiger charge is -2.14. The molecule has 140 valence electrons. The smallest absolute Gasteiger partial charge is 0.338 e. The Balaban J connectivity index is 2.43. The van der Waals surface area contributed by atoms with E-state index in [1.807, 2.05) is 6.92 Å². The molecule has 0 saturated carbocycles. The molecule has 0 aromatic heterocycles. The van der Waals surface area contributed by atoms with Gasteiger partial charge in [0.1, 0.15) is 0 Å². The van der Waals surface area contributed by atoms with Gasteiger partial charge in [0.15, 0.2) is 0 Å². The fourth-order valence-corrected chi connectivity index (χ4v) is 2.40. The fraction of sp³-hybridized carbons (Fsp3) is 0.619. The van der Waals surface area contributed by atoms with Crippen LogP contribution in [0.4, 0.5) is 0 Å². The van der Waals surface area contributed by atoms with Crippen molar-refractivity contribution in [2.24, 2.45) is 5.92 Å². The zero-order valence-electron chi connectivity index (χ0n) is 16.0. The van der Waals surface area contributed by atoms with Crippen LogP contribution in [0.2, 0.25) is 0 Å². The SMILES string of the molecule is CCCCCCOC(=O)c1ccc(C(=O)OC(C)CCC(C)C)cc1. The van der Waals surface area contributed by atoms with Crippen LogP contribution in [0.15, 0.2) is 24.3 Å². The minimum absolute atomic E-state index is 0.109. The van der Waals surface area contributed by atoms with E-state index in [-0.39, 0.29) is 18.0 Å². The molecule has 1 atom stereocenters. The van der Waals surface area contributed by atoms with Gasteiger partial charge in [0, 0.05) is 0 Å². The van der Waals surface area contributed by atoms with E-state index >= 15 is 0 Å². The third kappa shape index (κ3) is 8.71. The molecule has 0 fully saturated rings. The van der Waals surface area contributed by atoms with E-state index in [2.05, 4.69) is 20.8 Å². The van der Waals surface area contributed by atoms with Gasteiger partial charge in [-0.25, -0.2) is 9.59 Å². The molecule has 0 aliphatic carbocycles. The van der Waals surface area contributed by atoms with Gasteiger partial charge < -0.3 is 9.47 Å². The van der Waals surface area contributed by atoms with Gasteiger partial charge in [-0.15, -0.1) is 0 Å². The van der Waals surface area contributed by atoms with Crippen molar-refractivity contribution >= 4 is 11.9 Å². The summed E-state index contributed by atoms with van der Waals surface area (Å²) in [6.45, 7) is 8.79. The summed E-state index contributed by atoms with van der Waals surface area (Å²) in [5, 5.41) is 0. The van der Waals surface area contributed by atoms with Gasteiger partial charge in [-0.1, -0.05) is 40.0 Å². The normalized spacial score (nSPS) is 12.0. The quantitative estimate of drug-likeness (QED) is 0.396. The van der Waals surface area contributed by atoms with Crippen molar-refractivity contribution < 1.29 is 19.1 Å². The summed E-state index contributed by atoms with van der Waals surface area (Å²) < 4.78 is 10.7. The summed E-state index contributed by atoms with van der Waals surface area (Å²) in [5.41, 5.74) is 0.913. The van der Waals surface area contributed by atoms with Gasteiger partial charge >= 0.3 is 11.9 Å². The number of hydrogen-bond donors (Lipinski definition) is 0. The first-order chi connectivity index (χ1) is 11.9. The number of hydrogen-bond acceptors (Lipinski definition) is 4. The Morgan fingerprint density at radius 1 is 0.880 bits per heavy atom. The van der Waals surface area contributed by atoms with Crippen LogP contribution in [-0.2, 0) is 9.47 Å². The number of carbonyl (C=O) groups is 2. The average molecular weight is 348 g/mol. The Morgan fingerprint density at radius 2 is 1.48 bits per heavy atom. The Hall–Kier alpha value is -1.84. The Morgan fingerprint density at radius 3 is 2.04 bits per heavy atom. The van der Waals surface area contributed by atoms with Gasteiger partial charge in [-0.3, -0.25) is 0 Å². The van der Waals surface area contributed by atoms with E-state index in [1.54, 1.807) is 24.3 Å². The average Bonchev–Trinajstić information content (AvgIpc) is 2.59. The first-order valence-electron chi connectivity index (χ1n) is 9.42. The highest BCUT2D eigenvalue weighted by Crippen LogP contribution is 2.13. The van der Waals surface area contributed by atoms with E-state index in [1.165, 1.54) is 0 Å². The third-order valence-electron chi connectivity index (χ3n) is 4.05. The van der Waals surface area contributed by atoms with Crippen LogP contribution < -0.4 is 0 Å². The zero-order chi connectivity index (χ0) is 18.7. The number of rotatable bonds is 11.